The van der Waals surface area contributed by atoms with E-state index in [1.165, 1.54) is 17.3 Å². The summed E-state index contributed by atoms with van der Waals surface area (Å²) in [6.07, 6.45) is 3.82. The van der Waals surface area contributed by atoms with E-state index in [2.05, 4.69) is 33.6 Å². The Balaban J connectivity index is 1.32. The molecule has 0 spiro atoms. The zero-order valence-corrected chi connectivity index (χ0v) is 24.4. The maximum atomic E-state index is 14.1. The molecule has 5 N–H and O–H groups in total. The van der Waals surface area contributed by atoms with Gasteiger partial charge in [0, 0.05) is 36.3 Å². The lowest BCUT2D eigenvalue weighted by molar-refractivity contribution is 0.0904. The lowest BCUT2D eigenvalue weighted by Gasteiger charge is -2.30. The normalized spacial score (nSPS) is 16.7. The van der Waals surface area contributed by atoms with Gasteiger partial charge in [0.25, 0.3) is 5.91 Å². The minimum absolute atomic E-state index is 0.106. The van der Waals surface area contributed by atoms with Gasteiger partial charge in [0.15, 0.2) is 5.84 Å². The van der Waals surface area contributed by atoms with Crippen LogP contribution in [0.3, 0.4) is 0 Å². The number of hydrogen-bond donors (Lipinski definition) is 4. The molecule has 11 heteroatoms. The Morgan fingerprint density at radius 1 is 1.10 bits per heavy atom. The molecule has 222 valence electrons. The van der Waals surface area contributed by atoms with Gasteiger partial charge in [-0.05, 0) is 99.8 Å². The van der Waals surface area contributed by atoms with Crippen LogP contribution in [0.1, 0.15) is 58.8 Å². The number of carbonyl (C=O) groups is 1. The smallest absolute Gasteiger partial charge is 0.258 e. The topological polar surface area (TPSA) is 116 Å². The molecule has 8 nitrogen and oxygen atoms in total. The Hall–Kier alpha value is -3.54. The number of amidine groups is 1. The van der Waals surface area contributed by atoms with Crippen LogP contribution in [0.25, 0.3) is 0 Å². The van der Waals surface area contributed by atoms with Gasteiger partial charge in [0.05, 0.1) is 16.3 Å². The third-order valence-corrected chi connectivity index (χ3v) is 8.80. The predicted octanol–water partition coefficient (Wildman–Crippen LogP) is 5.39. The first kappa shape index (κ1) is 29.9. The first-order valence-electron chi connectivity index (χ1n) is 14.2. The van der Waals surface area contributed by atoms with Crippen LogP contribution in [0, 0.1) is 17.0 Å². The minimum Gasteiger partial charge on any atom is -0.397 e. The highest BCUT2D eigenvalue weighted by atomic mass is 32.2. The number of carbonyl (C=O) groups excluding carboxylic acids is 1. The van der Waals surface area contributed by atoms with Gasteiger partial charge >= 0.3 is 0 Å². The summed E-state index contributed by atoms with van der Waals surface area (Å²) in [6, 6.07) is 12.6. The average Bonchev–Trinajstić information content (AvgIpc) is 2.99. The molecule has 0 aliphatic carbocycles. The predicted molar refractivity (Wildman–Crippen MR) is 162 cm³/mol. The second-order valence-corrected chi connectivity index (χ2v) is 11.9. The molecule has 0 unspecified atom stereocenters. The molecule has 0 bridgehead atoms. The molecule has 0 saturated carbocycles. The number of likely N-dealkylation sites (tertiary alicyclic amines) is 1. The van der Waals surface area contributed by atoms with Crippen molar-refractivity contribution in [3.63, 3.8) is 0 Å². The van der Waals surface area contributed by atoms with Crippen LogP contribution in [-0.2, 0) is 10.5 Å². The SMILES string of the molecule is CN1CCC(c2ccc(C(=O)NC(=N)c3nc(SCc4cc(F)ccc4F)ccc3N)c(NC3CCOCC3)c2)CC1. The molecule has 2 aliphatic heterocycles. The molecule has 42 heavy (non-hydrogen) atoms. The number of pyridine rings is 1. The summed E-state index contributed by atoms with van der Waals surface area (Å²) >= 11 is 1.18. The molecule has 2 aromatic carbocycles. The number of nitrogens with one attached hydrogen (secondary N) is 3. The number of nitrogens with two attached hydrogens (primary N) is 1. The lowest BCUT2D eigenvalue weighted by atomic mass is 9.88. The summed E-state index contributed by atoms with van der Waals surface area (Å²) in [5.74, 6) is -1.14. The van der Waals surface area contributed by atoms with Gasteiger partial charge in [-0.2, -0.15) is 0 Å². The Morgan fingerprint density at radius 2 is 1.86 bits per heavy atom. The number of aromatic nitrogens is 1. The third kappa shape index (κ3) is 7.45. The van der Waals surface area contributed by atoms with E-state index in [4.69, 9.17) is 15.9 Å². The fourth-order valence-electron chi connectivity index (χ4n) is 5.32. The molecular weight excluding hydrogens is 558 g/mol. The largest absolute Gasteiger partial charge is 0.397 e. The second kappa shape index (κ2) is 13.6. The number of nitrogens with zero attached hydrogens (tertiary/aromatic N) is 2. The summed E-state index contributed by atoms with van der Waals surface area (Å²) in [5.41, 5.74) is 9.04. The first-order valence-corrected chi connectivity index (χ1v) is 15.2. The number of hydrogen-bond acceptors (Lipinski definition) is 8. The van der Waals surface area contributed by atoms with Crippen molar-refractivity contribution in [1.82, 2.24) is 15.2 Å². The number of halogens is 2. The fourth-order valence-corrected chi connectivity index (χ4v) is 6.16. The maximum absolute atomic E-state index is 14.1. The number of piperidine rings is 1. The Bertz CT molecular complexity index is 1440. The van der Waals surface area contributed by atoms with Crippen molar-refractivity contribution < 1.29 is 18.3 Å². The van der Waals surface area contributed by atoms with E-state index >= 15 is 0 Å². The quantitative estimate of drug-likeness (QED) is 0.157. The van der Waals surface area contributed by atoms with E-state index in [0.29, 0.717) is 29.7 Å². The van der Waals surface area contributed by atoms with Crippen molar-refractivity contribution in [2.45, 2.75) is 48.4 Å². The van der Waals surface area contributed by atoms with Crippen molar-refractivity contribution in [2.75, 3.05) is 44.4 Å². The van der Waals surface area contributed by atoms with Crippen molar-refractivity contribution in [1.29, 1.82) is 5.41 Å². The minimum atomic E-state index is -0.521. The molecule has 0 radical (unpaired) electrons. The standard InChI is InChI=1S/C31H36F2N6O2S/c1-39-12-8-19(9-13-39)20-2-4-24(27(17-20)36-23-10-14-41-15-11-23)31(40)38-30(35)29-26(34)6-7-28(37-29)42-18-21-16-22(32)3-5-25(21)33/h2-7,16-17,19,23,36H,8-15,18,34H2,1H3,(H2,35,38,40). The van der Waals surface area contributed by atoms with Gasteiger partial charge in [-0.3, -0.25) is 10.2 Å². The summed E-state index contributed by atoms with van der Waals surface area (Å²) in [4.78, 5) is 20.3. The Morgan fingerprint density at radius 3 is 2.62 bits per heavy atom. The van der Waals surface area contributed by atoms with E-state index in [-0.39, 0.29) is 34.6 Å². The van der Waals surface area contributed by atoms with E-state index in [1.54, 1.807) is 12.1 Å². The molecule has 3 heterocycles. The average molecular weight is 595 g/mol. The Labute approximate surface area is 248 Å². The summed E-state index contributed by atoms with van der Waals surface area (Å²) < 4.78 is 33.1. The number of ether oxygens (including phenoxy) is 1. The van der Waals surface area contributed by atoms with Gasteiger partial charge in [-0.15, -0.1) is 11.8 Å². The van der Waals surface area contributed by atoms with Crippen molar-refractivity contribution in [3.8, 4) is 0 Å². The van der Waals surface area contributed by atoms with Crippen LogP contribution in [0.4, 0.5) is 20.2 Å². The molecule has 1 aromatic heterocycles. The summed E-state index contributed by atoms with van der Waals surface area (Å²) in [7, 11) is 2.14. The summed E-state index contributed by atoms with van der Waals surface area (Å²) in [6.45, 7) is 3.42. The molecule has 3 aromatic rings. The van der Waals surface area contributed by atoms with E-state index < -0.39 is 17.5 Å². The van der Waals surface area contributed by atoms with E-state index in [1.807, 2.05) is 12.1 Å². The first-order chi connectivity index (χ1) is 20.3. The number of amides is 1. The van der Waals surface area contributed by atoms with Crippen molar-refractivity contribution in [3.05, 3.63) is 82.5 Å². The summed E-state index contributed by atoms with van der Waals surface area (Å²) in [5, 5.41) is 15.3. The van der Waals surface area contributed by atoms with Crippen LogP contribution < -0.4 is 16.4 Å². The monoisotopic (exact) mass is 594 g/mol. The van der Waals surface area contributed by atoms with Crippen LogP contribution in [0.15, 0.2) is 53.6 Å². The van der Waals surface area contributed by atoms with Crippen LogP contribution >= 0.6 is 11.8 Å². The zero-order valence-electron chi connectivity index (χ0n) is 23.6. The van der Waals surface area contributed by atoms with Crippen molar-refractivity contribution >= 4 is 34.9 Å². The van der Waals surface area contributed by atoms with E-state index in [9.17, 15) is 13.6 Å². The Kier molecular flexibility index (Phi) is 9.71. The highest BCUT2D eigenvalue weighted by Gasteiger charge is 2.23. The number of anilines is 2. The second-order valence-electron chi connectivity index (χ2n) is 10.9. The van der Waals surface area contributed by atoms with Gasteiger partial charge in [-0.25, -0.2) is 13.8 Å². The molecule has 5 rings (SSSR count). The van der Waals surface area contributed by atoms with E-state index in [0.717, 1.165) is 62.7 Å². The maximum Gasteiger partial charge on any atom is 0.258 e. The number of rotatable bonds is 8. The van der Waals surface area contributed by atoms with Crippen LogP contribution in [0.5, 0.6) is 0 Å². The molecule has 2 saturated heterocycles. The van der Waals surface area contributed by atoms with Gasteiger partial charge in [-0.1, -0.05) is 6.07 Å². The molecule has 2 fully saturated rings. The molecule has 0 atom stereocenters. The number of benzene rings is 2. The lowest BCUT2D eigenvalue weighted by Crippen LogP contribution is -2.34. The zero-order chi connectivity index (χ0) is 29.6. The third-order valence-electron chi connectivity index (χ3n) is 7.82. The number of thioether (sulfide) groups is 1. The fraction of sp³-hybridized carbons (Fsp3) is 0.387. The molecule has 1 amide bonds. The van der Waals surface area contributed by atoms with Gasteiger partial charge < -0.3 is 26.0 Å². The molecular formula is C31H36F2N6O2S. The highest BCUT2D eigenvalue weighted by molar-refractivity contribution is 7.98. The molecule has 2 aliphatic rings. The van der Waals surface area contributed by atoms with Crippen molar-refractivity contribution in [2.24, 2.45) is 0 Å². The van der Waals surface area contributed by atoms with Crippen LogP contribution in [-0.4, -0.2) is 61.0 Å². The van der Waals surface area contributed by atoms with Gasteiger partial charge in [0.1, 0.15) is 17.3 Å². The highest BCUT2D eigenvalue weighted by Crippen LogP contribution is 2.32. The van der Waals surface area contributed by atoms with Crippen LogP contribution in [0.2, 0.25) is 0 Å². The number of nitrogen functional groups attached to an aromatic ring is 1. The van der Waals surface area contributed by atoms with Gasteiger partial charge in [0.2, 0.25) is 0 Å².